The molecule has 3 aromatic carbocycles. The summed E-state index contributed by atoms with van der Waals surface area (Å²) in [6, 6.07) is 21.7. The van der Waals surface area contributed by atoms with Crippen LogP contribution in [0.4, 0.5) is 0 Å². The number of methoxy groups -OCH3 is 1. The van der Waals surface area contributed by atoms with Gasteiger partial charge in [-0.3, -0.25) is 9.59 Å². The summed E-state index contributed by atoms with van der Waals surface area (Å²) >= 11 is 0. The number of carbonyl (C=O) groups is 2. The molecule has 8 nitrogen and oxygen atoms in total. The number of benzene rings is 3. The highest BCUT2D eigenvalue weighted by Gasteiger charge is 2.15. The van der Waals surface area contributed by atoms with Crippen molar-refractivity contribution >= 4 is 28.9 Å². The molecule has 0 fully saturated rings. The van der Waals surface area contributed by atoms with Crippen LogP contribution in [-0.2, 0) is 11.2 Å². The van der Waals surface area contributed by atoms with Crippen molar-refractivity contribution in [3.8, 4) is 11.5 Å². The lowest BCUT2D eigenvalue weighted by molar-refractivity contribution is -0.117. The average molecular weight is 499 g/mol. The van der Waals surface area contributed by atoms with E-state index < -0.39 is 11.8 Å². The Balaban J connectivity index is 1.48. The van der Waals surface area contributed by atoms with Crippen LogP contribution in [0.2, 0.25) is 0 Å². The van der Waals surface area contributed by atoms with E-state index in [9.17, 15) is 9.59 Å². The van der Waals surface area contributed by atoms with Crippen molar-refractivity contribution in [2.45, 2.75) is 26.4 Å². The van der Waals surface area contributed by atoms with E-state index in [1.165, 1.54) is 0 Å². The highest BCUT2D eigenvalue weighted by Crippen LogP contribution is 2.17. The maximum Gasteiger partial charge on any atom is 0.267 e. The van der Waals surface area contributed by atoms with E-state index in [1.807, 2.05) is 62.4 Å². The van der Waals surface area contributed by atoms with Crippen LogP contribution in [0.5, 0.6) is 11.5 Å². The third-order valence-corrected chi connectivity index (χ3v) is 5.49. The van der Waals surface area contributed by atoms with Crippen LogP contribution in [0.25, 0.3) is 17.1 Å². The second kappa shape index (κ2) is 11.9. The minimum Gasteiger partial charge on any atom is -0.497 e. The van der Waals surface area contributed by atoms with Gasteiger partial charge in [-0.2, -0.15) is 0 Å². The maximum atomic E-state index is 13.1. The van der Waals surface area contributed by atoms with E-state index in [0.29, 0.717) is 24.3 Å². The molecular formula is C29H30N4O4. The van der Waals surface area contributed by atoms with Gasteiger partial charge in [-0.25, -0.2) is 4.98 Å². The topological polar surface area (TPSA) is 105 Å². The van der Waals surface area contributed by atoms with Gasteiger partial charge in [0.15, 0.2) is 0 Å². The number of aromatic amines is 1. The van der Waals surface area contributed by atoms with E-state index >= 15 is 0 Å². The molecule has 37 heavy (non-hydrogen) atoms. The van der Waals surface area contributed by atoms with Gasteiger partial charge in [-0.15, -0.1) is 0 Å². The number of para-hydroxylation sites is 2. The number of H-pyrrole nitrogens is 1. The summed E-state index contributed by atoms with van der Waals surface area (Å²) in [4.78, 5) is 33.8. The lowest BCUT2D eigenvalue weighted by Gasteiger charge is -2.12. The van der Waals surface area contributed by atoms with E-state index in [-0.39, 0.29) is 11.8 Å². The molecule has 0 spiro atoms. The van der Waals surface area contributed by atoms with Crippen molar-refractivity contribution in [2.75, 3.05) is 13.7 Å². The van der Waals surface area contributed by atoms with E-state index in [0.717, 1.165) is 28.2 Å². The zero-order valence-electron chi connectivity index (χ0n) is 21.1. The number of aromatic nitrogens is 2. The molecule has 1 heterocycles. The molecule has 4 aromatic rings. The standard InChI is InChI=1S/C29H30N4O4/c1-19(2)37-23-12-8-20(9-13-23)18-26(33-28(34)21-10-14-22(36-3)15-11-21)29(35)30-17-16-27-31-24-6-4-5-7-25(24)32-27/h4-15,18-19H,16-17H2,1-3H3,(H,30,35)(H,31,32)(H,33,34)/b26-18-. The molecule has 0 saturated heterocycles. The average Bonchev–Trinajstić information content (AvgIpc) is 3.32. The van der Waals surface area contributed by atoms with Crippen molar-refractivity contribution in [1.82, 2.24) is 20.6 Å². The van der Waals surface area contributed by atoms with Crippen LogP contribution >= 0.6 is 0 Å². The molecular weight excluding hydrogens is 468 g/mol. The summed E-state index contributed by atoms with van der Waals surface area (Å²) in [6.07, 6.45) is 2.21. The first-order valence-corrected chi connectivity index (χ1v) is 12.1. The SMILES string of the molecule is COc1ccc(C(=O)N/C(=C\c2ccc(OC(C)C)cc2)C(=O)NCCc2nc3ccccc3[nH]2)cc1. The quantitative estimate of drug-likeness (QED) is 0.280. The fourth-order valence-electron chi connectivity index (χ4n) is 3.69. The fourth-order valence-corrected chi connectivity index (χ4v) is 3.69. The lowest BCUT2D eigenvalue weighted by Crippen LogP contribution is -2.35. The third-order valence-electron chi connectivity index (χ3n) is 5.49. The number of ether oxygens (including phenoxy) is 2. The summed E-state index contributed by atoms with van der Waals surface area (Å²) in [6.45, 7) is 4.25. The van der Waals surface area contributed by atoms with Crippen LogP contribution in [0.3, 0.4) is 0 Å². The van der Waals surface area contributed by atoms with Crippen LogP contribution in [0, 0.1) is 0 Å². The van der Waals surface area contributed by atoms with Gasteiger partial charge in [0.05, 0.1) is 24.2 Å². The Labute approximate surface area is 215 Å². The largest absolute Gasteiger partial charge is 0.497 e. The Morgan fingerprint density at radius 3 is 2.35 bits per heavy atom. The first-order chi connectivity index (χ1) is 17.9. The zero-order chi connectivity index (χ0) is 26.2. The molecule has 0 atom stereocenters. The summed E-state index contributed by atoms with van der Waals surface area (Å²) in [5.41, 5.74) is 3.10. The fraction of sp³-hybridized carbons (Fsp3) is 0.207. The van der Waals surface area contributed by atoms with Crippen molar-refractivity contribution in [3.05, 3.63) is 95.4 Å². The Morgan fingerprint density at radius 2 is 1.68 bits per heavy atom. The highest BCUT2D eigenvalue weighted by atomic mass is 16.5. The highest BCUT2D eigenvalue weighted by molar-refractivity contribution is 6.05. The van der Waals surface area contributed by atoms with Crippen molar-refractivity contribution in [1.29, 1.82) is 0 Å². The number of imidazole rings is 1. The smallest absolute Gasteiger partial charge is 0.267 e. The second-order valence-electron chi connectivity index (χ2n) is 8.68. The minimum absolute atomic E-state index is 0.0540. The van der Waals surface area contributed by atoms with Crippen LogP contribution in [-0.4, -0.2) is 41.5 Å². The van der Waals surface area contributed by atoms with Crippen molar-refractivity contribution < 1.29 is 19.1 Å². The van der Waals surface area contributed by atoms with Crippen molar-refractivity contribution in [2.24, 2.45) is 0 Å². The molecule has 0 radical (unpaired) electrons. The summed E-state index contributed by atoms with van der Waals surface area (Å²) in [7, 11) is 1.56. The second-order valence-corrected chi connectivity index (χ2v) is 8.68. The first kappa shape index (κ1) is 25.5. The van der Waals surface area contributed by atoms with Gasteiger partial charge >= 0.3 is 0 Å². The molecule has 0 aliphatic heterocycles. The third kappa shape index (κ3) is 6.98. The molecule has 0 bridgehead atoms. The predicted molar refractivity (Wildman–Crippen MR) is 143 cm³/mol. The van der Waals surface area contributed by atoms with Crippen LogP contribution in [0.15, 0.2) is 78.5 Å². The lowest BCUT2D eigenvalue weighted by atomic mass is 10.1. The first-order valence-electron chi connectivity index (χ1n) is 12.1. The molecule has 1 aromatic heterocycles. The monoisotopic (exact) mass is 498 g/mol. The normalized spacial score (nSPS) is 11.4. The Morgan fingerprint density at radius 1 is 0.973 bits per heavy atom. The number of fused-ring (bicyclic) bond motifs is 1. The molecule has 0 unspecified atom stereocenters. The zero-order valence-corrected chi connectivity index (χ0v) is 21.1. The molecule has 0 aliphatic rings. The Bertz CT molecular complexity index is 1360. The van der Waals surface area contributed by atoms with Gasteiger partial charge in [-0.05, 0) is 74.0 Å². The van der Waals surface area contributed by atoms with Gasteiger partial charge in [0, 0.05) is 18.5 Å². The molecule has 0 aliphatic carbocycles. The van der Waals surface area contributed by atoms with Crippen LogP contribution in [0.1, 0.15) is 35.6 Å². The molecule has 3 N–H and O–H groups in total. The molecule has 4 rings (SSSR count). The maximum absolute atomic E-state index is 13.1. The Hall–Kier alpha value is -4.59. The predicted octanol–water partition coefficient (Wildman–Crippen LogP) is 4.49. The van der Waals surface area contributed by atoms with Gasteiger partial charge in [0.25, 0.3) is 11.8 Å². The van der Waals surface area contributed by atoms with Crippen molar-refractivity contribution in [3.63, 3.8) is 0 Å². The number of hydrogen-bond acceptors (Lipinski definition) is 5. The summed E-state index contributed by atoms with van der Waals surface area (Å²) < 4.78 is 10.8. The van der Waals surface area contributed by atoms with Gasteiger partial charge in [-0.1, -0.05) is 24.3 Å². The Kier molecular flexibility index (Phi) is 8.20. The van der Waals surface area contributed by atoms with Crippen LogP contribution < -0.4 is 20.1 Å². The van der Waals surface area contributed by atoms with E-state index in [4.69, 9.17) is 9.47 Å². The molecule has 0 saturated carbocycles. The minimum atomic E-state index is -0.402. The number of nitrogens with zero attached hydrogens (tertiary/aromatic N) is 1. The molecule has 8 heteroatoms. The number of carbonyl (C=O) groups excluding carboxylic acids is 2. The van der Waals surface area contributed by atoms with E-state index in [2.05, 4.69) is 20.6 Å². The number of nitrogens with one attached hydrogen (secondary N) is 3. The van der Waals surface area contributed by atoms with E-state index in [1.54, 1.807) is 37.5 Å². The van der Waals surface area contributed by atoms with Gasteiger partial charge in [0.1, 0.15) is 23.0 Å². The number of amides is 2. The molecule has 2 amide bonds. The number of hydrogen-bond donors (Lipinski definition) is 3. The van der Waals surface area contributed by atoms with Gasteiger partial charge < -0.3 is 25.1 Å². The summed E-state index contributed by atoms with van der Waals surface area (Å²) in [5, 5.41) is 5.63. The van der Waals surface area contributed by atoms with Gasteiger partial charge in [0.2, 0.25) is 0 Å². The molecule has 190 valence electrons. The summed E-state index contributed by atoms with van der Waals surface area (Å²) in [5.74, 6) is 1.34. The number of rotatable bonds is 10.